The maximum Gasteiger partial charge on any atom is 0.223 e. The summed E-state index contributed by atoms with van der Waals surface area (Å²) >= 11 is 5.80. The molecule has 3 aromatic rings. The van der Waals surface area contributed by atoms with Crippen molar-refractivity contribution in [1.29, 1.82) is 0 Å². The van der Waals surface area contributed by atoms with E-state index in [1.807, 2.05) is 37.3 Å². The maximum atomic E-state index is 13.9. The highest BCUT2D eigenvalue weighted by molar-refractivity contribution is 6.30. The Labute approximate surface area is 204 Å². The topological polar surface area (TPSA) is 62.7 Å². The summed E-state index contributed by atoms with van der Waals surface area (Å²) in [5.41, 5.74) is 3.49. The molecule has 0 radical (unpaired) electrons. The Morgan fingerprint density at radius 2 is 1.91 bits per heavy atom. The first-order valence-corrected chi connectivity index (χ1v) is 11.8. The monoisotopic (exact) mass is 482 g/mol. The number of aryl methyl sites for hydroxylation is 1. The summed E-state index contributed by atoms with van der Waals surface area (Å²) in [5, 5.41) is 9.50. The largest absolute Gasteiger partial charge is 0.487 e. The number of carbonyl (C=O) groups is 1. The lowest BCUT2D eigenvalue weighted by atomic mass is 9.91. The third-order valence-electron chi connectivity index (χ3n) is 6.08. The average molecular weight is 483 g/mol. The van der Waals surface area contributed by atoms with E-state index in [1.54, 1.807) is 23.4 Å². The SMILES string of the molecule is C[C@@]1(Cc2ccc(Cl)c(F)c2)Cc2cc(CCC(=O)N(CCO)Cc3ccncc3)ccc2O1. The van der Waals surface area contributed by atoms with E-state index < -0.39 is 11.4 Å². The van der Waals surface area contributed by atoms with Crippen LogP contribution in [0.1, 0.15) is 35.6 Å². The minimum atomic E-state index is -0.473. The summed E-state index contributed by atoms with van der Waals surface area (Å²) in [5.74, 6) is 0.397. The van der Waals surface area contributed by atoms with E-state index in [1.165, 1.54) is 6.07 Å². The number of nitrogens with zero attached hydrogens (tertiary/aromatic N) is 2. The quantitative estimate of drug-likeness (QED) is 0.477. The molecule has 0 spiro atoms. The highest BCUT2D eigenvalue weighted by Gasteiger charge is 2.35. The second kappa shape index (κ2) is 10.5. The summed E-state index contributed by atoms with van der Waals surface area (Å²) in [6.45, 7) is 2.68. The summed E-state index contributed by atoms with van der Waals surface area (Å²) in [7, 11) is 0. The highest BCUT2D eigenvalue weighted by atomic mass is 35.5. The number of carbonyl (C=O) groups excluding carboxylic acids is 1. The van der Waals surface area contributed by atoms with Gasteiger partial charge >= 0.3 is 0 Å². The maximum absolute atomic E-state index is 13.9. The molecular formula is C27H28ClFN2O3. The molecule has 0 unspecified atom stereocenters. The van der Waals surface area contributed by atoms with Gasteiger partial charge in [0.25, 0.3) is 0 Å². The van der Waals surface area contributed by atoms with E-state index in [-0.39, 0.29) is 17.5 Å². The summed E-state index contributed by atoms with van der Waals surface area (Å²) in [4.78, 5) is 18.5. The molecule has 1 atom stereocenters. The van der Waals surface area contributed by atoms with Gasteiger partial charge in [0.1, 0.15) is 17.2 Å². The van der Waals surface area contributed by atoms with Gasteiger partial charge in [-0.25, -0.2) is 4.39 Å². The zero-order chi connectivity index (χ0) is 24.1. The molecule has 7 heteroatoms. The fraction of sp³-hybridized carbons (Fsp3) is 0.333. The van der Waals surface area contributed by atoms with Crippen LogP contribution in [-0.2, 0) is 30.6 Å². The molecule has 1 N–H and O–H groups in total. The molecule has 1 aliphatic rings. The van der Waals surface area contributed by atoms with Crippen molar-refractivity contribution in [2.75, 3.05) is 13.2 Å². The predicted molar refractivity (Wildman–Crippen MR) is 129 cm³/mol. The van der Waals surface area contributed by atoms with E-state index in [2.05, 4.69) is 11.1 Å². The van der Waals surface area contributed by atoms with Gasteiger partial charge < -0.3 is 14.7 Å². The van der Waals surface area contributed by atoms with Gasteiger partial charge in [0.05, 0.1) is 11.6 Å². The number of pyridine rings is 1. The number of aromatic nitrogens is 1. The fourth-order valence-electron chi connectivity index (χ4n) is 4.44. The summed E-state index contributed by atoms with van der Waals surface area (Å²) in [6, 6.07) is 14.6. The van der Waals surface area contributed by atoms with Crippen LogP contribution in [0.4, 0.5) is 4.39 Å². The Kier molecular flexibility index (Phi) is 7.49. The van der Waals surface area contributed by atoms with Crippen LogP contribution >= 0.6 is 11.6 Å². The van der Waals surface area contributed by atoms with Crippen LogP contribution in [0, 0.1) is 5.82 Å². The molecule has 2 heterocycles. The molecule has 178 valence electrons. The summed E-state index contributed by atoms with van der Waals surface area (Å²) < 4.78 is 20.1. The Morgan fingerprint density at radius 1 is 1.15 bits per heavy atom. The number of rotatable bonds is 9. The van der Waals surface area contributed by atoms with E-state index in [9.17, 15) is 14.3 Å². The number of hydrogen-bond donors (Lipinski definition) is 1. The van der Waals surface area contributed by atoms with Crippen molar-refractivity contribution < 1.29 is 19.0 Å². The molecule has 1 aromatic heterocycles. The first-order valence-electron chi connectivity index (χ1n) is 11.4. The lowest BCUT2D eigenvalue weighted by molar-refractivity contribution is -0.132. The number of halogens is 2. The van der Waals surface area contributed by atoms with Crippen molar-refractivity contribution in [2.45, 2.75) is 44.8 Å². The first kappa shape index (κ1) is 24.2. The third-order valence-corrected chi connectivity index (χ3v) is 6.39. The molecular weight excluding hydrogens is 455 g/mol. The number of amides is 1. The molecule has 34 heavy (non-hydrogen) atoms. The van der Waals surface area contributed by atoms with Crippen molar-refractivity contribution in [2.24, 2.45) is 0 Å². The lowest BCUT2D eigenvalue weighted by Gasteiger charge is -2.24. The van der Waals surface area contributed by atoms with E-state index >= 15 is 0 Å². The van der Waals surface area contributed by atoms with Crippen LogP contribution in [0.15, 0.2) is 60.9 Å². The van der Waals surface area contributed by atoms with Gasteiger partial charge in [0.15, 0.2) is 0 Å². The van der Waals surface area contributed by atoms with Crippen LogP contribution in [-0.4, -0.2) is 39.7 Å². The predicted octanol–water partition coefficient (Wildman–Crippen LogP) is 4.76. The zero-order valence-corrected chi connectivity index (χ0v) is 19.9. The van der Waals surface area contributed by atoms with Gasteiger partial charge in [0, 0.05) is 44.7 Å². The van der Waals surface area contributed by atoms with Crippen LogP contribution in [0.25, 0.3) is 0 Å². The Hall–Kier alpha value is -2.96. The van der Waals surface area contributed by atoms with E-state index in [4.69, 9.17) is 16.3 Å². The van der Waals surface area contributed by atoms with Crippen molar-refractivity contribution in [1.82, 2.24) is 9.88 Å². The molecule has 0 bridgehead atoms. The number of ether oxygens (including phenoxy) is 1. The molecule has 1 aliphatic heterocycles. The average Bonchev–Trinajstić information content (AvgIpc) is 3.15. The van der Waals surface area contributed by atoms with Crippen molar-refractivity contribution in [3.05, 3.63) is 94.0 Å². The molecule has 0 aliphatic carbocycles. The molecule has 0 saturated carbocycles. The fourth-order valence-corrected chi connectivity index (χ4v) is 4.56. The Morgan fingerprint density at radius 3 is 2.65 bits per heavy atom. The number of hydrogen-bond acceptors (Lipinski definition) is 4. The van der Waals surface area contributed by atoms with Gasteiger partial charge in [-0.1, -0.05) is 29.8 Å². The highest BCUT2D eigenvalue weighted by Crippen LogP contribution is 2.38. The van der Waals surface area contributed by atoms with Crippen molar-refractivity contribution >= 4 is 17.5 Å². The Balaban J connectivity index is 1.37. The first-order chi connectivity index (χ1) is 16.3. The molecule has 5 nitrogen and oxygen atoms in total. The van der Waals surface area contributed by atoms with Crippen LogP contribution in [0.2, 0.25) is 5.02 Å². The minimum absolute atomic E-state index is 0.00258. The van der Waals surface area contributed by atoms with Gasteiger partial charge in [-0.2, -0.15) is 0 Å². The number of aliphatic hydroxyl groups excluding tert-OH is 1. The van der Waals surface area contributed by atoms with Crippen LogP contribution < -0.4 is 4.74 Å². The van der Waals surface area contributed by atoms with E-state index in [0.29, 0.717) is 38.8 Å². The zero-order valence-electron chi connectivity index (χ0n) is 19.1. The van der Waals surface area contributed by atoms with E-state index in [0.717, 1.165) is 28.0 Å². The summed E-state index contributed by atoms with van der Waals surface area (Å²) in [6.07, 6.45) is 5.61. The molecule has 2 aromatic carbocycles. The molecule has 1 amide bonds. The standard InChI is InChI=1S/C27H28ClFN2O3/c1-27(16-21-2-5-23(28)24(29)15-21)17-22-14-19(3-6-25(22)34-27)4-7-26(33)31(12-13-32)18-20-8-10-30-11-9-20/h2-3,5-6,8-11,14-15,32H,4,7,12-13,16-18H2,1H3/t27-/m1/s1. The number of fused-ring (bicyclic) bond motifs is 1. The number of benzene rings is 2. The Bertz CT molecular complexity index is 1160. The van der Waals surface area contributed by atoms with Gasteiger partial charge in [-0.05, 0) is 65.9 Å². The van der Waals surface area contributed by atoms with Gasteiger partial charge in [-0.3, -0.25) is 9.78 Å². The minimum Gasteiger partial charge on any atom is -0.487 e. The third kappa shape index (κ3) is 5.93. The van der Waals surface area contributed by atoms with Gasteiger partial charge in [-0.15, -0.1) is 0 Å². The number of aliphatic hydroxyl groups is 1. The molecule has 0 fully saturated rings. The second-order valence-corrected chi connectivity index (χ2v) is 9.40. The lowest BCUT2D eigenvalue weighted by Crippen LogP contribution is -2.33. The van der Waals surface area contributed by atoms with Gasteiger partial charge in [0.2, 0.25) is 5.91 Å². The smallest absolute Gasteiger partial charge is 0.223 e. The molecule has 4 rings (SSSR count). The molecule has 0 saturated heterocycles. The van der Waals surface area contributed by atoms with Crippen molar-refractivity contribution in [3.8, 4) is 5.75 Å². The second-order valence-electron chi connectivity index (χ2n) is 8.99. The van der Waals surface area contributed by atoms with Crippen LogP contribution in [0.5, 0.6) is 5.75 Å². The van der Waals surface area contributed by atoms with Crippen molar-refractivity contribution in [3.63, 3.8) is 0 Å². The van der Waals surface area contributed by atoms with Crippen LogP contribution in [0.3, 0.4) is 0 Å². The normalized spacial score (nSPS) is 16.7.